The summed E-state index contributed by atoms with van der Waals surface area (Å²) in [6.07, 6.45) is -3.55. The molecule has 2 rings (SSSR count). The number of nitrogens with two attached hydrogens (primary N) is 1. The Hall–Kier alpha value is -1.68. The molecule has 9 heteroatoms. The van der Waals surface area contributed by atoms with Crippen molar-refractivity contribution in [3.63, 3.8) is 0 Å². The minimum Gasteiger partial charge on any atom is -0.488 e. The van der Waals surface area contributed by atoms with Crippen LogP contribution in [0, 0.1) is 0 Å². The van der Waals surface area contributed by atoms with Gasteiger partial charge < -0.3 is 30.5 Å². The quantitative estimate of drug-likeness (QED) is 0.490. The van der Waals surface area contributed by atoms with Crippen LogP contribution in [0.15, 0.2) is 11.0 Å². The van der Waals surface area contributed by atoms with Gasteiger partial charge in [0, 0.05) is 0 Å². The molecule has 5 N–H and O–H groups in total. The summed E-state index contributed by atoms with van der Waals surface area (Å²) < 4.78 is 11.4. The highest BCUT2D eigenvalue weighted by molar-refractivity contribution is 5.43. The van der Waals surface area contributed by atoms with Crippen molar-refractivity contribution in [1.82, 2.24) is 9.55 Å². The fourth-order valence-corrected chi connectivity index (χ4v) is 2.02. The van der Waals surface area contributed by atoms with E-state index in [0.717, 1.165) is 4.57 Å². The van der Waals surface area contributed by atoms with Crippen LogP contribution < -0.4 is 16.2 Å². The molecule has 0 aromatic carbocycles. The van der Waals surface area contributed by atoms with Crippen molar-refractivity contribution in [3.8, 4) is 5.75 Å². The van der Waals surface area contributed by atoms with Gasteiger partial charge in [0.15, 0.2) is 17.8 Å². The van der Waals surface area contributed by atoms with Gasteiger partial charge in [-0.3, -0.25) is 4.57 Å². The van der Waals surface area contributed by atoms with Crippen molar-refractivity contribution in [2.24, 2.45) is 0 Å². The van der Waals surface area contributed by atoms with E-state index in [2.05, 4.69) is 4.98 Å². The smallest absolute Gasteiger partial charge is 0.351 e. The number of anilines is 1. The molecule has 0 bridgehead atoms. The first-order valence-electron chi connectivity index (χ1n) is 6.13. The average molecular weight is 287 g/mol. The van der Waals surface area contributed by atoms with Gasteiger partial charge in [0.2, 0.25) is 0 Å². The molecule has 1 aromatic heterocycles. The minimum atomic E-state index is -1.37. The maximum absolute atomic E-state index is 11.8. The van der Waals surface area contributed by atoms with Crippen LogP contribution in [0.5, 0.6) is 5.75 Å². The van der Waals surface area contributed by atoms with Gasteiger partial charge in [0.25, 0.3) is 0 Å². The predicted octanol–water partition coefficient (Wildman–Crippen LogP) is -2.16. The second kappa shape index (κ2) is 5.75. The molecule has 0 saturated carbocycles. The van der Waals surface area contributed by atoms with Crippen molar-refractivity contribution in [2.75, 3.05) is 18.9 Å². The molecule has 0 radical (unpaired) electrons. The Bertz CT molecular complexity index is 533. The van der Waals surface area contributed by atoms with Gasteiger partial charge in [0.1, 0.15) is 18.3 Å². The van der Waals surface area contributed by atoms with Crippen molar-refractivity contribution < 1.29 is 24.8 Å². The van der Waals surface area contributed by atoms with Crippen molar-refractivity contribution in [2.45, 2.75) is 31.5 Å². The molecule has 0 amide bonds. The number of aromatic nitrogens is 2. The standard InChI is InChI=1S/C11H17N3O6/c1-2-19-5-3-14(11(18)13-9(5)12)10-8(17)7(16)6(4-15)20-10/h3,6-8,10,15-17H,2,4H2,1H3,(H2,12,13,18)/t6-,7-,8-,10-/m1/s1. The summed E-state index contributed by atoms with van der Waals surface area (Å²) in [5.74, 6) is 0.102. The van der Waals surface area contributed by atoms with Gasteiger partial charge in [-0.25, -0.2) is 4.79 Å². The van der Waals surface area contributed by atoms with E-state index in [1.165, 1.54) is 6.20 Å². The van der Waals surface area contributed by atoms with Crippen LogP contribution in [0.25, 0.3) is 0 Å². The Labute approximate surface area is 114 Å². The molecule has 9 nitrogen and oxygen atoms in total. The van der Waals surface area contributed by atoms with Gasteiger partial charge in [-0.15, -0.1) is 0 Å². The van der Waals surface area contributed by atoms with Crippen LogP contribution in [0.2, 0.25) is 0 Å². The zero-order chi connectivity index (χ0) is 14.9. The highest BCUT2D eigenvalue weighted by Crippen LogP contribution is 2.29. The number of hydrogen-bond acceptors (Lipinski definition) is 8. The number of hydrogen-bond donors (Lipinski definition) is 4. The number of rotatable bonds is 4. The highest BCUT2D eigenvalue weighted by Gasteiger charge is 2.44. The largest absolute Gasteiger partial charge is 0.488 e. The third-order valence-electron chi connectivity index (χ3n) is 3.04. The Morgan fingerprint density at radius 1 is 1.50 bits per heavy atom. The fourth-order valence-electron chi connectivity index (χ4n) is 2.02. The van der Waals surface area contributed by atoms with Crippen LogP contribution in [0.1, 0.15) is 13.2 Å². The Kier molecular flexibility index (Phi) is 4.23. The summed E-state index contributed by atoms with van der Waals surface area (Å²) in [4.78, 5) is 15.4. The molecule has 1 fully saturated rings. The molecule has 0 spiro atoms. The average Bonchev–Trinajstić information content (AvgIpc) is 2.70. The van der Waals surface area contributed by atoms with Crippen LogP contribution in [0.4, 0.5) is 5.82 Å². The number of ether oxygens (including phenoxy) is 2. The first-order chi connectivity index (χ1) is 9.49. The summed E-state index contributed by atoms with van der Waals surface area (Å²) >= 11 is 0. The maximum atomic E-state index is 11.8. The second-order valence-electron chi connectivity index (χ2n) is 4.34. The molecule has 1 saturated heterocycles. The van der Waals surface area contributed by atoms with E-state index in [-0.39, 0.29) is 11.6 Å². The zero-order valence-electron chi connectivity index (χ0n) is 10.8. The summed E-state index contributed by atoms with van der Waals surface area (Å²) in [5.41, 5.74) is 4.80. The number of aliphatic hydroxyl groups is 3. The van der Waals surface area contributed by atoms with Gasteiger partial charge in [-0.2, -0.15) is 4.98 Å². The molecule has 1 aliphatic rings. The normalized spacial score (nSPS) is 29.6. The summed E-state index contributed by atoms with van der Waals surface area (Å²) in [6, 6.07) is 0. The van der Waals surface area contributed by atoms with E-state index in [1.807, 2.05) is 0 Å². The third-order valence-corrected chi connectivity index (χ3v) is 3.04. The molecule has 0 aliphatic carbocycles. The minimum absolute atomic E-state index is 0.0696. The molecule has 1 aliphatic heterocycles. The second-order valence-corrected chi connectivity index (χ2v) is 4.34. The van der Waals surface area contributed by atoms with Gasteiger partial charge >= 0.3 is 5.69 Å². The van der Waals surface area contributed by atoms with Crippen molar-refractivity contribution in [3.05, 3.63) is 16.7 Å². The number of nitrogen functional groups attached to an aromatic ring is 1. The molecule has 4 atom stereocenters. The molecular weight excluding hydrogens is 270 g/mol. The molecule has 0 unspecified atom stereocenters. The first kappa shape index (κ1) is 14.7. The van der Waals surface area contributed by atoms with Crippen LogP contribution in [-0.2, 0) is 4.74 Å². The Morgan fingerprint density at radius 3 is 2.75 bits per heavy atom. The third kappa shape index (κ3) is 2.48. The Balaban J connectivity index is 2.38. The summed E-state index contributed by atoms with van der Waals surface area (Å²) in [5, 5.41) is 28.6. The fraction of sp³-hybridized carbons (Fsp3) is 0.636. The van der Waals surface area contributed by atoms with Crippen LogP contribution in [0.3, 0.4) is 0 Å². The number of aliphatic hydroxyl groups excluding tert-OH is 3. The van der Waals surface area contributed by atoms with Crippen LogP contribution >= 0.6 is 0 Å². The molecule has 20 heavy (non-hydrogen) atoms. The van der Waals surface area contributed by atoms with Gasteiger partial charge in [-0.1, -0.05) is 0 Å². The van der Waals surface area contributed by atoms with Gasteiger partial charge in [0.05, 0.1) is 19.4 Å². The maximum Gasteiger partial charge on any atom is 0.351 e. The monoisotopic (exact) mass is 287 g/mol. The zero-order valence-corrected chi connectivity index (χ0v) is 10.8. The molecular formula is C11H17N3O6. The Morgan fingerprint density at radius 2 is 2.20 bits per heavy atom. The van der Waals surface area contributed by atoms with E-state index >= 15 is 0 Å². The lowest BCUT2D eigenvalue weighted by molar-refractivity contribution is -0.0551. The van der Waals surface area contributed by atoms with Crippen molar-refractivity contribution in [1.29, 1.82) is 0 Å². The molecule has 2 heterocycles. The summed E-state index contributed by atoms with van der Waals surface area (Å²) in [7, 11) is 0. The summed E-state index contributed by atoms with van der Waals surface area (Å²) in [6.45, 7) is 1.57. The molecule has 1 aromatic rings. The number of nitrogens with zero attached hydrogens (tertiary/aromatic N) is 2. The SMILES string of the molecule is CCOc1cn([C@@H]2O[C@H](CO)[C@@H](O)[C@H]2O)c(=O)nc1N. The molecule has 112 valence electrons. The van der Waals surface area contributed by atoms with E-state index < -0.39 is 36.8 Å². The first-order valence-corrected chi connectivity index (χ1v) is 6.13. The van der Waals surface area contributed by atoms with E-state index in [4.69, 9.17) is 20.3 Å². The lowest BCUT2D eigenvalue weighted by Gasteiger charge is -2.18. The lowest BCUT2D eigenvalue weighted by atomic mass is 10.1. The lowest BCUT2D eigenvalue weighted by Crippen LogP contribution is -2.36. The highest BCUT2D eigenvalue weighted by atomic mass is 16.6. The predicted molar refractivity (Wildman–Crippen MR) is 67.1 cm³/mol. The van der Waals surface area contributed by atoms with Gasteiger partial charge in [-0.05, 0) is 6.92 Å². The van der Waals surface area contributed by atoms with E-state index in [0.29, 0.717) is 6.61 Å². The van der Waals surface area contributed by atoms with Crippen molar-refractivity contribution >= 4 is 5.82 Å². The van der Waals surface area contributed by atoms with E-state index in [9.17, 15) is 15.0 Å². The topological polar surface area (TPSA) is 140 Å². The van der Waals surface area contributed by atoms with Crippen LogP contribution in [-0.4, -0.2) is 56.4 Å². The van der Waals surface area contributed by atoms with E-state index in [1.54, 1.807) is 6.92 Å².